The lowest BCUT2D eigenvalue weighted by Crippen LogP contribution is -2.03. The number of hydrogen-bond donors (Lipinski definition) is 3. The van der Waals surface area contributed by atoms with E-state index in [1.54, 1.807) is 4.57 Å². The predicted molar refractivity (Wildman–Crippen MR) is 70.3 cm³/mol. The Bertz CT molecular complexity index is 614. The van der Waals surface area contributed by atoms with Crippen LogP contribution in [0.1, 0.15) is 13.3 Å². The average molecular weight is 245 g/mol. The summed E-state index contributed by atoms with van der Waals surface area (Å²) in [7, 11) is 0. The molecular weight excluding hydrogens is 230 g/mol. The maximum Gasteiger partial charge on any atom is 0.232 e. The van der Waals surface area contributed by atoms with Crippen LogP contribution in [-0.2, 0) is 6.54 Å². The van der Waals surface area contributed by atoms with Gasteiger partial charge in [-0.3, -0.25) is 5.41 Å². The van der Waals surface area contributed by atoms with Gasteiger partial charge in [-0.15, -0.1) is 10.2 Å². The van der Waals surface area contributed by atoms with Gasteiger partial charge in [0.2, 0.25) is 11.8 Å². The number of hydrogen-bond acceptors (Lipinski definition) is 3. The number of benzene rings is 1. The molecule has 0 amide bonds. The maximum absolute atomic E-state index is 10.2. The standard InChI is InChI=1S/C12H15N5O/c1-2-7-17-9-6-4-3-5-8(9)10(11(17)18)15-16-12(13)14/h3-6,18H,2,7H2,1H3,(H3,13,14). The number of nitrogens with zero attached hydrogens (tertiary/aromatic N) is 3. The number of fused-ring (bicyclic) bond motifs is 1. The number of aromatic nitrogens is 1. The molecule has 6 nitrogen and oxygen atoms in total. The molecule has 6 heteroatoms. The summed E-state index contributed by atoms with van der Waals surface area (Å²) in [6, 6.07) is 7.54. The molecule has 0 aliphatic heterocycles. The zero-order chi connectivity index (χ0) is 13.1. The van der Waals surface area contributed by atoms with E-state index in [-0.39, 0.29) is 11.8 Å². The molecule has 0 saturated carbocycles. The lowest BCUT2D eigenvalue weighted by molar-refractivity contribution is 0.421. The fourth-order valence-corrected chi connectivity index (χ4v) is 1.92. The lowest BCUT2D eigenvalue weighted by Gasteiger charge is -2.03. The van der Waals surface area contributed by atoms with E-state index < -0.39 is 0 Å². The summed E-state index contributed by atoms with van der Waals surface area (Å²) in [6.45, 7) is 2.73. The van der Waals surface area contributed by atoms with Crippen LogP contribution < -0.4 is 5.73 Å². The molecule has 0 radical (unpaired) electrons. The van der Waals surface area contributed by atoms with Crippen molar-refractivity contribution in [1.82, 2.24) is 4.57 Å². The summed E-state index contributed by atoms with van der Waals surface area (Å²) in [5.74, 6) is -0.329. The summed E-state index contributed by atoms with van der Waals surface area (Å²) in [4.78, 5) is 0. The SMILES string of the molecule is CCCn1c(O)c(N=NC(=N)N)c2ccccc21. The number of aromatic hydroxyl groups is 1. The molecule has 18 heavy (non-hydrogen) atoms. The summed E-state index contributed by atoms with van der Waals surface area (Å²) in [6.07, 6.45) is 0.898. The van der Waals surface area contributed by atoms with E-state index in [9.17, 15) is 5.11 Å². The van der Waals surface area contributed by atoms with Crippen molar-refractivity contribution >= 4 is 22.5 Å². The van der Waals surface area contributed by atoms with Gasteiger partial charge in [0.05, 0.1) is 5.52 Å². The van der Waals surface area contributed by atoms with Crippen LogP contribution in [-0.4, -0.2) is 15.6 Å². The minimum absolute atomic E-state index is 0.0584. The fraction of sp³-hybridized carbons (Fsp3) is 0.250. The summed E-state index contributed by atoms with van der Waals surface area (Å²) >= 11 is 0. The Morgan fingerprint density at radius 1 is 1.44 bits per heavy atom. The molecule has 2 rings (SSSR count). The molecule has 0 aliphatic carbocycles. The Morgan fingerprint density at radius 3 is 2.83 bits per heavy atom. The van der Waals surface area contributed by atoms with E-state index >= 15 is 0 Å². The van der Waals surface area contributed by atoms with Crippen molar-refractivity contribution < 1.29 is 5.11 Å². The van der Waals surface area contributed by atoms with Crippen LogP contribution >= 0.6 is 0 Å². The second-order valence-electron chi connectivity index (χ2n) is 3.93. The van der Waals surface area contributed by atoms with Gasteiger partial charge in [-0.1, -0.05) is 25.1 Å². The first kappa shape index (κ1) is 12.1. The van der Waals surface area contributed by atoms with E-state index in [0.717, 1.165) is 17.3 Å². The van der Waals surface area contributed by atoms with Crippen LogP contribution in [0.3, 0.4) is 0 Å². The molecule has 0 saturated heterocycles. The molecule has 0 atom stereocenters. The molecule has 0 unspecified atom stereocenters. The van der Waals surface area contributed by atoms with Gasteiger partial charge in [-0.05, 0) is 12.5 Å². The molecule has 0 fully saturated rings. The molecule has 1 heterocycles. The highest BCUT2D eigenvalue weighted by atomic mass is 16.3. The molecular formula is C12H15N5O. The summed E-state index contributed by atoms with van der Waals surface area (Å²) < 4.78 is 1.78. The summed E-state index contributed by atoms with van der Waals surface area (Å²) in [5, 5.41) is 25.3. The quantitative estimate of drug-likeness (QED) is 0.440. The van der Waals surface area contributed by atoms with Gasteiger partial charge in [0, 0.05) is 11.9 Å². The van der Waals surface area contributed by atoms with Gasteiger partial charge in [-0.25, -0.2) is 0 Å². The number of para-hydroxylation sites is 1. The largest absolute Gasteiger partial charge is 0.493 e. The Balaban J connectivity index is 2.65. The van der Waals surface area contributed by atoms with Crippen molar-refractivity contribution in [2.45, 2.75) is 19.9 Å². The Labute approximate surface area is 104 Å². The van der Waals surface area contributed by atoms with Crippen LogP contribution in [0.5, 0.6) is 5.88 Å². The molecule has 2 aromatic rings. The van der Waals surface area contributed by atoms with Crippen LogP contribution in [0.2, 0.25) is 0 Å². The van der Waals surface area contributed by atoms with Crippen molar-refractivity contribution in [2.24, 2.45) is 16.0 Å². The topological polar surface area (TPSA) is 99.7 Å². The van der Waals surface area contributed by atoms with Crippen LogP contribution in [0, 0.1) is 5.41 Å². The second kappa shape index (κ2) is 4.87. The van der Waals surface area contributed by atoms with Gasteiger partial charge in [0.25, 0.3) is 0 Å². The van der Waals surface area contributed by atoms with E-state index in [1.165, 1.54) is 0 Å². The molecule has 4 N–H and O–H groups in total. The van der Waals surface area contributed by atoms with Crippen molar-refractivity contribution in [3.8, 4) is 5.88 Å². The first-order valence-electron chi connectivity index (χ1n) is 5.71. The van der Waals surface area contributed by atoms with Crippen molar-refractivity contribution in [1.29, 1.82) is 5.41 Å². The van der Waals surface area contributed by atoms with E-state index in [1.807, 2.05) is 31.2 Å². The smallest absolute Gasteiger partial charge is 0.232 e. The average Bonchev–Trinajstić information content (AvgIpc) is 2.61. The molecule has 94 valence electrons. The van der Waals surface area contributed by atoms with Gasteiger partial charge < -0.3 is 15.4 Å². The zero-order valence-electron chi connectivity index (χ0n) is 10.1. The van der Waals surface area contributed by atoms with E-state index in [4.69, 9.17) is 11.1 Å². The van der Waals surface area contributed by atoms with Crippen LogP contribution in [0.25, 0.3) is 10.9 Å². The number of nitrogens with two attached hydrogens (primary N) is 1. The Morgan fingerprint density at radius 2 is 2.17 bits per heavy atom. The highest BCUT2D eigenvalue weighted by molar-refractivity contribution is 5.95. The first-order chi connectivity index (χ1) is 8.65. The van der Waals surface area contributed by atoms with Gasteiger partial charge >= 0.3 is 0 Å². The van der Waals surface area contributed by atoms with Crippen molar-refractivity contribution in [3.05, 3.63) is 24.3 Å². The second-order valence-corrected chi connectivity index (χ2v) is 3.93. The molecule has 1 aromatic carbocycles. The third kappa shape index (κ3) is 2.04. The molecule has 0 spiro atoms. The minimum Gasteiger partial charge on any atom is -0.493 e. The van der Waals surface area contributed by atoms with E-state index in [2.05, 4.69) is 10.2 Å². The van der Waals surface area contributed by atoms with Crippen molar-refractivity contribution in [3.63, 3.8) is 0 Å². The normalized spacial score (nSPS) is 11.4. The highest BCUT2D eigenvalue weighted by Crippen LogP contribution is 2.38. The third-order valence-electron chi connectivity index (χ3n) is 2.62. The minimum atomic E-state index is -0.387. The fourth-order valence-electron chi connectivity index (χ4n) is 1.92. The maximum atomic E-state index is 10.2. The number of aryl methyl sites for hydroxylation is 1. The summed E-state index contributed by atoms with van der Waals surface area (Å²) in [5.41, 5.74) is 6.39. The van der Waals surface area contributed by atoms with Gasteiger partial charge in [-0.2, -0.15) is 0 Å². The number of nitrogens with one attached hydrogen (secondary N) is 1. The van der Waals surface area contributed by atoms with Crippen LogP contribution in [0.15, 0.2) is 34.5 Å². The number of guanidine groups is 1. The number of azo groups is 1. The lowest BCUT2D eigenvalue weighted by atomic mass is 10.2. The first-order valence-corrected chi connectivity index (χ1v) is 5.71. The number of rotatable bonds is 3. The van der Waals surface area contributed by atoms with Gasteiger partial charge in [0.15, 0.2) is 5.69 Å². The van der Waals surface area contributed by atoms with E-state index in [0.29, 0.717) is 12.2 Å². The highest BCUT2D eigenvalue weighted by Gasteiger charge is 2.15. The predicted octanol–water partition coefficient (Wildman–Crippen LogP) is 2.73. The van der Waals surface area contributed by atoms with Crippen LogP contribution in [0.4, 0.5) is 5.69 Å². The zero-order valence-corrected chi connectivity index (χ0v) is 10.1. The third-order valence-corrected chi connectivity index (χ3v) is 2.62. The molecule has 0 aliphatic rings. The monoisotopic (exact) mass is 245 g/mol. The molecule has 1 aromatic heterocycles. The Kier molecular flexibility index (Phi) is 3.27. The Hall–Kier alpha value is -2.37. The van der Waals surface area contributed by atoms with Gasteiger partial charge in [0.1, 0.15) is 0 Å². The van der Waals surface area contributed by atoms with Crippen molar-refractivity contribution in [2.75, 3.05) is 0 Å². The molecule has 0 bridgehead atoms.